The van der Waals surface area contributed by atoms with E-state index in [-0.39, 0.29) is 11.9 Å². The van der Waals surface area contributed by atoms with Gasteiger partial charge in [0.15, 0.2) is 5.82 Å². The highest BCUT2D eigenvalue weighted by Crippen LogP contribution is 2.28. The van der Waals surface area contributed by atoms with E-state index in [1.165, 1.54) is 0 Å². The van der Waals surface area contributed by atoms with Gasteiger partial charge in [0.25, 0.3) is 5.91 Å². The van der Waals surface area contributed by atoms with Gasteiger partial charge in [-0.15, -0.1) is 10.2 Å². The summed E-state index contributed by atoms with van der Waals surface area (Å²) >= 11 is 0. The van der Waals surface area contributed by atoms with E-state index in [0.717, 1.165) is 30.0 Å². The summed E-state index contributed by atoms with van der Waals surface area (Å²) in [5, 5.41) is 14.4. The van der Waals surface area contributed by atoms with Crippen molar-refractivity contribution < 1.29 is 9.53 Å². The fourth-order valence-corrected chi connectivity index (χ4v) is 3.59. The van der Waals surface area contributed by atoms with Gasteiger partial charge < -0.3 is 19.9 Å². The molecule has 0 saturated carbocycles. The van der Waals surface area contributed by atoms with Crippen LogP contribution in [0.2, 0.25) is 0 Å². The summed E-state index contributed by atoms with van der Waals surface area (Å²) in [6, 6.07) is 11.7. The van der Waals surface area contributed by atoms with E-state index in [0.29, 0.717) is 30.4 Å². The minimum absolute atomic E-state index is 0.0646. The first-order valence-electron chi connectivity index (χ1n) is 8.91. The van der Waals surface area contributed by atoms with Crippen molar-refractivity contribution in [1.29, 1.82) is 0 Å². The Labute approximate surface area is 155 Å². The zero-order chi connectivity index (χ0) is 18.2. The molecular weight excluding hydrogens is 344 g/mol. The molecule has 0 spiro atoms. The molecular formula is C19H18N6O2. The SMILES string of the molecule is O=C1NCc2cccc(Nc3cccc(-c4nncn4C4CCOC4)n3)c21. The molecule has 0 aliphatic carbocycles. The summed E-state index contributed by atoms with van der Waals surface area (Å²) in [6.45, 7) is 1.97. The summed E-state index contributed by atoms with van der Waals surface area (Å²) in [5.74, 6) is 1.30. The molecule has 2 aromatic heterocycles. The van der Waals surface area contributed by atoms with Crippen LogP contribution in [0.4, 0.5) is 11.5 Å². The van der Waals surface area contributed by atoms with Gasteiger partial charge >= 0.3 is 0 Å². The Morgan fingerprint density at radius 1 is 1.22 bits per heavy atom. The number of nitrogens with one attached hydrogen (secondary N) is 2. The molecule has 136 valence electrons. The van der Waals surface area contributed by atoms with Crippen LogP contribution in [0.25, 0.3) is 11.5 Å². The second kappa shape index (κ2) is 6.48. The van der Waals surface area contributed by atoms with E-state index in [1.807, 2.05) is 41.0 Å². The number of pyridine rings is 1. The quantitative estimate of drug-likeness (QED) is 0.740. The summed E-state index contributed by atoms with van der Waals surface area (Å²) in [7, 11) is 0. The van der Waals surface area contributed by atoms with Crippen LogP contribution in [0.1, 0.15) is 28.4 Å². The van der Waals surface area contributed by atoms with E-state index < -0.39 is 0 Å². The Bertz CT molecular complexity index is 1010. The van der Waals surface area contributed by atoms with Crippen LogP contribution in [0.3, 0.4) is 0 Å². The van der Waals surface area contributed by atoms with E-state index >= 15 is 0 Å². The molecule has 0 bridgehead atoms. The Morgan fingerprint density at radius 3 is 3.04 bits per heavy atom. The number of anilines is 2. The number of carbonyl (C=O) groups excluding carboxylic acids is 1. The lowest BCUT2D eigenvalue weighted by atomic mass is 10.1. The number of aromatic nitrogens is 4. The second-order valence-electron chi connectivity index (χ2n) is 6.63. The first kappa shape index (κ1) is 16.0. The predicted molar refractivity (Wildman–Crippen MR) is 98.6 cm³/mol. The van der Waals surface area contributed by atoms with Gasteiger partial charge in [-0.1, -0.05) is 18.2 Å². The smallest absolute Gasteiger partial charge is 0.254 e. The first-order chi connectivity index (χ1) is 13.3. The van der Waals surface area contributed by atoms with Crippen LogP contribution >= 0.6 is 0 Å². The summed E-state index contributed by atoms with van der Waals surface area (Å²) < 4.78 is 7.50. The lowest BCUT2D eigenvalue weighted by Crippen LogP contribution is -2.13. The summed E-state index contributed by atoms with van der Waals surface area (Å²) in [6.07, 6.45) is 2.67. The third kappa shape index (κ3) is 2.83. The fourth-order valence-electron chi connectivity index (χ4n) is 3.59. The Balaban J connectivity index is 1.47. The van der Waals surface area contributed by atoms with Gasteiger partial charge in [0.05, 0.1) is 23.9 Å². The van der Waals surface area contributed by atoms with Crippen molar-refractivity contribution in [2.24, 2.45) is 0 Å². The van der Waals surface area contributed by atoms with Gasteiger partial charge in [-0.2, -0.15) is 0 Å². The number of benzene rings is 1. The van der Waals surface area contributed by atoms with Gasteiger partial charge in [-0.05, 0) is 30.2 Å². The number of rotatable bonds is 4. The maximum atomic E-state index is 12.1. The lowest BCUT2D eigenvalue weighted by Gasteiger charge is -2.13. The van der Waals surface area contributed by atoms with Crippen LogP contribution in [0, 0.1) is 0 Å². The van der Waals surface area contributed by atoms with Gasteiger partial charge in [0.2, 0.25) is 0 Å². The largest absolute Gasteiger partial charge is 0.379 e. The van der Waals surface area contributed by atoms with Crippen molar-refractivity contribution >= 4 is 17.4 Å². The third-order valence-electron chi connectivity index (χ3n) is 4.93. The van der Waals surface area contributed by atoms with E-state index in [1.54, 1.807) is 6.33 Å². The Morgan fingerprint density at radius 2 is 2.15 bits per heavy atom. The zero-order valence-corrected chi connectivity index (χ0v) is 14.6. The van der Waals surface area contributed by atoms with Crippen LogP contribution in [0.5, 0.6) is 0 Å². The average molecular weight is 362 g/mol. The highest BCUT2D eigenvalue weighted by Gasteiger charge is 2.23. The Hall–Kier alpha value is -3.26. The zero-order valence-electron chi connectivity index (χ0n) is 14.6. The highest BCUT2D eigenvalue weighted by atomic mass is 16.5. The van der Waals surface area contributed by atoms with E-state index in [9.17, 15) is 4.79 Å². The standard InChI is InChI=1S/C19H18N6O2/c26-19-17-12(9-20-19)3-1-4-14(17)22-16-6-2-5-15(23-16)18-24-21-11-25(18)13-7-8-27-10-13/h1-6,11,13H,7-10H2,(H,20,26)(H,22,23). The minimum Gasteiger partial charge on any atom is -0.379 e. The van der Waals surface area contributed by atoms with E-state index in [2.05, 4.69) is 25.8 Å². The normalized spacial score (nSPS) is 18.4. The molecule has 1 fully saturated rings. The molecule has 8 nitrogen and oxygen atoms in total. The number of hydrogen-bond donors (Lipinski definition) is 2. The molecule has 1 amide bonds. The lowest BCUT2D eigenvalue weighted by molar-refractivity contribution is 0.0966. The number of ether oxygens (including phenoxy) is 1. The topological polar surface area (TPSA) is 94.0 Å². The van der Waals surface area contributed by atoms with Crippen molar-refractivity contribution in [1.82, 2.24) is 25.1 Å². The predicted octanol–water partition coefficient (Wildman–Crippen LogP) is 2.29. The first-order valence-corrected chi connectivity index (χ1v) is 8.91. The highest BCUT2D eigenvalue weighted by molar-refractivity contribution is 6.04. The van der Waals surface area contributed by atoms with Crippen molar-refractivity contribution in [3.8, 4) is 11.5 Å². The number of hydrogen-bond acceptors (Lipinski definition) is 6. The molecule has 1 atom stereocenters. The maximum absolute atomic E-state index is 12.1. The van der Waals surface area contributed by atoms with Crippen LogP contribution in [0.15, 0.2) is 42.7 Å². The van der Waals surface area contributed by atoms with Gasteiger partial charge in [-0.3, -0.25) is 4.79 Å². The molecule has 1 unspecified atom stereocenters. The van der Waals surface area contributed by atoms with Crippen LogP contribution < -0.4 is 10.6 Å². The molecule has 4 heterocycles. The molecule has 1 aromatic carbocycles. The van der Waals surface area contributed by atoms with Crippen LogP contribution in [-0.2, 0) is 11.3 Å². The van der Waals surface area contributed by atoms with Gasteiger partial charge in [0.1, 0.15) is 17.8 Å². The second-order valence-corrected chi connectivity index (χ2v) is 6.63. The molecule has 2 N–H and O–H groups in total. The van der Waals surface area contributed by atoms with Crippen molar-refractivity contribution in [3.63, 3.8) is 0 Å². The fraction of sp³-hybridized carbons (Fsp3) is 0.263. The van der Waals surface area contributed by atoms with Gasteiger partial charge in [-0.25, -0.2) is 4.98 Å². The van der Waals surface area contributed by atoms with Crippen molar-refractivity contribution in [3.05, 3.63) is 53.9 Å². The third-order valence-corrected chi connectivity index (χ3v) is 4.93. The van der Waals surface area contributed by atoms with Gasteiger partial charge in [0, 0.05) is 13.2 Å². The molecule has 1 saturated heterocycles. The molecule has 27 heavy (non-hydrogen) atoms. The number of carbonyl (C=O) groups is 1. The molecule has 2 aliphatic heterocycles. The molecule has 0 radical (unpaired) electrons. The number of fused-ring (bicyclic) bond motifs is 1. The average Bonchev–Trinajstić information content (AvgIpc) is 3.43. The monoisotopic (exact) mass is 362 g/mol. The number of amides is 1. The van der Waals surface area contributed by atoms with Crippen molar-refractivity contribution in [2.45, 2.75) is 19.0 Å². The molecule has 8 heteroatoms. The minimum atomic E-state index is -0.0646. The van der Waals surface area contributed by atoms with Crippen molar-refractivity contribution in [2.75, 3.05) is 18.5 Å². The summed E-state index contributed by atoms with van der Waals surface area (Å²) in [4.78, 5) is 16.8. The summed E-state index contributed by atoms with van der Waals surface area (Å²) in [5.41, 5.74) is 3.14. The number of nitrogens with zero attached hydrogens (tertiary/aromatic N) is 4. The Kier molecular flexibility index (Phi) is 3.83. The molecule has 2 aliphatic rings. The molecule has 3 aromatic rings. The molecule has 5 rings (SSSR count). The maximum Gasteiger partial charge on any atom is 0.254 e. The van der Waals surface area contributed by atoms with Crippen LogP contribution in [-0.4, -0.2) is 38.9 Å². The van der Waals surface area contributed by atoms with E-state index in [4.69, 9.17) is 4.74 Å².